The number of hydrogen-bond acceptors (Lipinski definition) is 3. The largest absolute Gasteiger partial charge is 0.449 e. The standard InChI is InChI=1S/C29H47NO3/c1-8-27(4,5)25(31)14-17-30-26(32)33-19-28(6)15-9-16-29(7)23-12-10-21(20(2)3)18-22(23)11-13-24(28)29/h11,18,20,23-24H,8-10,12-17,19H2,1-7H3,(H,30,32). The number of carbonyl (C=O) groups excluding carboxylic acids is 2. The van der Waals surface area contributed by atoms with Gasteiger partial charge in [0, 0.05) is 23.8 Å². The average molecular weight is 458 g/mol. The number of alkyl carbamates (subject to hydrolysis) is 1. The fourth-order valence-corrected chi connectivity index (χ4v) is 6.74. The number of hydrogen-bond donors (Lipinski definition) is 1. The van der Waals surface area contributed by atoms with Crippen LogP contribution >= 0.6 is 0 Å². The third kappa shape index (κ3) is 5.41. The Morgan fingerprint density at radius 1 is 1.24 bits per heavy atom. The zero-order valence-corrected chi connectivity index (χ0v) is 22.2. The van der Waals surface area contributed by atoms with E-state index in [0.29, 0.717) is 37.3 Å². The van der Waals surface area contributed by atoms with Crippen molar-refractivity contribution in [3.05, 3.63) is 23.3 Å². The molecule has 0 bridgehead atoms. The van der Waals surface area contributed by atoms with Crippen LogP contribution in [0.2, 0.25) is 0 Å². The second-order valence-corrected chi connectivity index (χ2v) is 12.4. The van der Waals surface area contributed by atoms with Crippen LogP contribution in [-0.2, 0) is 9.53 Å². The maximum Gasteiger partial charge on any atom is 0.407 e. The van der Waals surface area contributed by atoms with E-state index in [2.05, 4.69) is 45.2 Å². The van der Waals surface area contributed by atoms with Crippen LogP contribution in [0, 0.1) is 34.0 Å². The number of Topliss-reactive ketones (excluding diaryl/α,β-unsaturated/α-hetero) is 1. The van der Waals surface area contributed by atoms with Crippen LogP contribution in [0.5, 0.6) is 0 Å². The van der Waals surface area contributed by atoms with Crippen LogP contribution in [0.25, 0.3) is 0 Å². The molecule has 4 atom stereocenters. The highest BCUT2D eigenvalue weighted by atomic mass is 16.5. The van der Waals surface area contributed by atoms with E-state index in [-0.39, 0.29) is 28.1 Å². The number of allylic oxidation sites excluding steroid dienone is 4. The molecule has 0 aromatic carbocycles. The fraction of sp³-hybridized carbons (Fsp3) is 0.793. The topological polar surface area (TPSA) is 55.4 Å². The summed E-state index contributed by atoms with van der Waals surface area (Å²) in [4.78, 5) is 24.7. The molecule has 1 fully saturated rings. The van der Waals surface area contributed by atoms with Crippen molar-refractivity contribution in [1.29, 1.82) is 0 Å². The lowest BCUT2D eigenvalue weighted by Gasteiger charge is -2.58. The molecule has 0 radical (unpaired) electrons. The van der Waals surface area contributed by atoms with E-state index in [4.69, 9.17) is 4.74 Å². The molecule has 0 aromatic rings. The van der Waals surface area contributed by atoms with E-state index < -0.39 is 0 Å². The summed E-state index contributed by atoms with van der Waals surface area (Å²) in [6, 6.07) is 0. The van der Waals surface area contributed by atoms with Crippen molar-refractivity contribution in [2.75, 3.05) is 13.2 Å². The second-order valence-electron chi connectivity index (χ2n) is 12.4. The SMILES string of the molecule is CCC(C)(C)C(=O)CCNC(=O)OCC1(C)CCCC2(C)C3CCC(C(C)C)=CC3=CCC12. The lowest BCUT2D eigenvalue weighted by molar-refractivity contribution is -0.127. The van der Waals surface area contributed by atoms with E-state index >= 15 is 0 Å². The quantitative estimate of drug-likeness (QED) is 0.418. The van der Waals surface area contributed by atoms with Gasteiger partial charge >= 0.3 is 6.09 Å². The highest BCUT2D eigenvalue weighted by Crippen LogP contribution is 2.62. The van der Waals surface area contributed by atoms with Gasteiger partial charge in [-0.25, -0.2) is 4.79 Å². The van der Waals surface area contributed by atoms with Gasteiger partial charge in [-0.1, -0.05) is 72.6 Å². The number of ketones is 1. The van der Waals surface area contributed by atoms with Crippen molar-refractivity contribution >= 4 is 11.9 Å². The van der Waals surface area contributed by atoms with Crippen LogP contribution in [0.1, 0.15) is 99.8 Å². The van der Waals surface area contributed by atoms with Gasteiger partial charge in [-0.05, 0) is 67.3 Å². The fourth-order valence-electron chi connectivity index (χ4n) is 6.74. The van der Waals surface area contributed by atoms with E-state index in [1.807, 2.05) is 20.8 Å². The second kappa shape index (κ2) is 9.96. The first-order valence-corrected chi connectivity index (χ1v) is 13.3. The van der Waals surface area contributed by atoms with Gasteiger partial charge in [-0.3, -0.25) is 4.79 Å². The molecule has 33 heavy (non-hydrogen) atoms. The van der Waals surface area contributed by atoms with Crippen molar-refractivity contribution in [2.24, 2.45) is 34.0 Å². The van der Waals surface area contributed by atoms with Crippen LogP contribution in [0.15, 0.2) is 23.3 Å². The third-order valence-corrected chi connectivity index (χ3v) is 9.50. The Bertz CT molecular complexity index is 808. The van der Waals surface area contributed by atoms with E-state index in [1.165, 1.54) is 25.7 Å². The Morgan fingerprint density at radius 2 is 1.97 bits per heavy atom. The predicted molar refractivity (Wildman–Crippen MR) is 135 cm³/mol. The van der Waals surface area contributed by atoms with E-state index in [1.54, 1.807) is 11.1 Å². The van der Waals surface area contributed by atoms with Crippen LogP contribution in [-0.4, -0.2) is 25.0 Å². The minimum absolute atomic E-state index is 0.00553. The van der Waals surface area contributed by atoms with Crippen LogP contribution in [0.4, 0.5) is 4.79 Å². The molecule has 1 N–H and O–H groups in total. The number of amides is 1. The zero-order chi connectivity index (χ0) is 24.4. The number of nitrogens with one attached hydrogen (secondary N) is 1. The summed E-state index contributed by atoms with van der Waals surface area (Å²) >= 11 is 0. The molecule has 0 spiro atoms. The molecular formula is C29H47NO3. The minimum atomic E-state index is -0.389. The molecule has 1 amide bonds. The first-order chi connectivity index (χ1) is 15.4. The molecule has 186 valence electrons. The lowest BCUT2D eigenvalue weighted by atomic mass is 9.47. The van der Waals surface area contributed by atoms with Gasteiger partial charge in [0.1, 0.15) is 5.78 Å². The average Bonchev–Trinajstić information content (AvgIpc) is 2.77. The molecule has 4 heteroatoms. The molecule has 1 saturated carbocycles. The number of carbonyl (C=O) groups is 2. The maximum absolute atomic E-state index is 12.4. The molecule has 3 aliphatic carbocycles. The number of rotatable bonds is 8. The van der Waals surface area contributed by atoms with Gasteiger partial charge in [-0.2, -0.15) is 0 Å². The van der Waals surface area contributed by atoms with Gasteiger partial charge in [0.05, 0.1) is 6.61 Å². The molecule has 3 aliphatic rings. The first-order valence-electron chi connectivity index (χ1n) is 13.3. The summed E-state index contributed by atoms with van der Waals surface area (Å²) < 4.78 is 5.76. The summed E-state index contributed by atoms with van der Waals surface area (Å²) in [7, 11) is 0. The molecular weight excluding hydrogens is 410 g/mol. The highest BCUT2D eigenvalue weighted by molar-refractivity contribution is 5.84. The van der Waals surface area contributed by atoms with Gasteiger partial charge in [0.25, 0.3) is 0 Å². The smallest absolute Gasteiger partial charge is 0.407 e. The van der Waals surface area contributed by atoms with Crippen molar-refractivity contribution < 1.29 is 14.3 Å². The van der Waals surface area contributed by atoms with Crippen LogP contribution in [0.3, 0.4) is 0 Å². The Labute approximate surface area is 202 Å². The summed E-state index contributed by atoms with van der Waals surface area (Å²) in [6.45, 7) is 16.2. The molecule has 4 nitrogen and oxygen atoms in total. The van der Waals surface area contributed by atoms with Gasteiger partial charge in [0.2, 0.25) is 0 Å². The minimum Gasteiger partial charge on any atom is -0.449 e. The van der Waals surface area contributed by atoms with Gasteiger partial charge in [0.15, 0.2) is 0 Å². The molecule has 3 rings (SSSR count). The summed E-state index contributed by atoms with van der Waals surface area (Å²) in [6.07, 6.45) is 12.9. The normalized spacial score (nSPS) is 31.8. The number of ether oxygens (including phenoxy) is 1. The van der Waals surface area contributed by atoms with Gasteiger partial charge < -0.3 is 10.1 Å². The Balaban J connectivity index is 1.61. The van der Waals surface area contributed by atoms with Crippen LogP contribution < -0.4 is 5.32 Å². The Kier molecular flexibility index (Phi) is 7.86. The Hall–Kier alpha value is -1.58. The summed E-state index contributed by atoms with van der Waals surface area (Å²) in [5.74, 6) is 1.97. The predicted octanol–water partition coefficient (Wildman–Crippen LogP) is 7.24. The monoisotopic (exact) mass is 457 g/mol. The molecule has 0 aliphatic heterocycles. The molecule has 0 heterocycles. The maximum atomic E-state index is 12.4. The third-order valence-electron chi connectivity index (χ3n) is 9.50. The summed E-state index contributed by atoms with van der Waals surface area (Å²) in [5.41, 5.74) is 3.09. The highest BCUT2D eigenvalue weighted by Gasteiger charge is 2.54. The van der Waals surface area contributed by atoms with Gasteiger partial charge in [-0.15, -0.1) is 0 Å². The zero-order valence-electron chi connectivity index (χ0n) is 22.2. The van der Waals surface area contributed by atoms with E-state index in [0.717, 1.165) is 19.3 Å². The van der Waals surface area contributed by atoms with E-state index in [9.17, 15) is 9.59 Å². The first kappa shape index (κ1) is 26.0. The van der Waals surface area contributed by atoms with Crippen molar-refractivity contribution in [3.63, 3.8) is 0 Å². The van der Waals surface area contributed by atoms with Crippen molar-refractivity contribution in [1.82, 2.24) is 5.32 Å². The van der Waals surface area contributed by atoms with Crippen molar-refractivity contribution in [3.8, 4) is 0 Å². The molecule has 0 aromatic heterocycles. The summed E-state index contributed by atoms with van der Waals surface area (Å²) in [5, 5.41) is 2.81. The molecule has 0 saturated heterocycles. The lowest BCUT2D eigenvalue weighted by Crippen LogP contribution is -2.52. The van der Waals surface area contributed by atoms with Crippen molar-refractivity contribution in [2.45, 2.75) is 99.8 Å². The Morgan fingerprint density at radius 3 is 2.64 bits per heavy atom. The number of fused-ring (bicyclic) bond motifs is 3. The molecule has 4 unspecified atom stereocenters.